The molecule has 4 heteroatoms. The fourth-order valence-corrected chi connectivity index (χ4v) is 4.09. The minimum absolute atomic E-state index is 0.128. The fraction of sp³-hybridized carbons (Fsp3) is 0.107. The molecule has 2 N–H and O–H groups in total. The van der Waals surface area contributed by atoms with Crippen molar-refractivity contribution in [3.05, 3.63) is 99.4 Å². The number of hydrogen-bond donors (Lipinski definition) is 2. The summed E-state index contributed by atoms with van der Waals surface area (Å²) in [4.78, 5) is 12.0. The quantitative estimate of drug-likeness (QED) is 0.401. The number of aromatic carboxylic acids is 1. The Kier molecular flexibility index (Phi) is 5.45. The maximum atomic E-state index is 12.0. The SMILES string of the molecule is C=c1ccc2c3c(ccc2c1)=C(c1ccccc1C(=O)O)c1ccc(O)c(C)c1O3.CC. The number of carboxylic acid groups (broad SMARTS) is 1. The number of fused-ring (bicyclic) bond motifs is 4. The van der Waals surface area contributed by atoms with E-state index in [2.05, 4.69) is 6.58 Å². The molecule has 0 aliphatic carbocycles. The lowest BCUT2D eigenvalue weighted by Gasteiger charge is -2.25. The van der Waals surface area contributed by atoms with Crippen molar-refractivity contribution in [2.75, 3.05) is 0 Å². The highest BCUT2D eigenvalue weighted by Crippen LogP contribution is 2.43. The van der Waals surface area contributed by atoms with Gasteiger partial charge in [-0.05, 0) is 53.4 Å². The number of phenols is 1. The first-order valence-corrected chi connectivity index (χ1v) is 10.5. The van der Waals surface area contributed by atoms with Crippen LogP contribution in [0.4, 0.5) is 0 Å². The summed E-state index contributed by atoms with van der Waals surface area (Å²) >= 11 is 0. The molecule has 1 heterocycles. The molecular formula is C28H24O4. The first-order valence-electron chi connectivity index (χ1n) is 10.5. The molecule has 0 saturated heterocycles. The summed E-state index contributed by atoms with van der Waals surface area (Å²) < 4.78 is 6.35. The van der Waals surface area contributed by atoms with Crippen LogP contribution >= 0.6 is 0 Å². The van der Waals surface area contributed by atoms with Crippen molar-refractivity contribution in [3.63, 3.8) is 0 Å². The summed E-state index contributed by atoms with van der Waals surface area (Å²) in [5, 5.41) is 23.7. The molecule has 160 valence electrons. The number of aromatic hydroxyl groups is 1. The molecule has 0 fully saturated rings. The molecule has 4 aromatic rings. The number of rotatable bonds is 2. The van der Waals surface area contributed by atoms with Crippen molar-refractivity contribution in [3.8, 4) is 17.2 Å². The van der Waals surface area contributed by atoms with E-state index in [0.29, 0.717) is 22.6 Å². The van der Waals surface area contributed by atoms with Gasteiger partial charge in [0.1, 0.15) is 17.2 Å². The molecule has 5 rings (SSSR count). The van der Waals surface area contributed by atoms with Crippen LogP contribution in [-0.4, -0.2) is 16.2 Å². The van der Waals surface area contributed by atoms with E-state index >= 15 is 0 Å². The standard InChI is InChI=1S/C26H18O4.C2H6/c1-14-7-9-17-16(13-14)8-10-21-23(18-5-3-4-6-19(18)26(28)29)20-11-12-22(27)15(2)24(20)30-25(17)21;1-2/h3-13,27H,1H2,2H3,(H,28,29);1-2H3. The average molecular weight is 424 g/mol. The van der Waals surface area contributed by atoms with Crippen molar-refractivity contribution in [1.82, 2.24) is 0 Å². The zero-order valence-electron chi connectivity index (χ0n) is 18.3. The topological polar surface area (TPSA) is 66.8 Å². The second kappa shape index (κ2) is 8.23. The van der Waals surface area contributed by atoms with Gasteiger partial charge in [-0.2, -0.15) is 0 Å². The molecule has 4 aromatic carbocycles. The van der Waals surface area contributed by atoms with Gasteiger partial charge in [0.05, 0.1) is 5.56 Å². The third-order valence-corrected chi connectivity index (χ3v) is 5.58. The lowest BCUT2D eigenvalue weighted by atomic mass is 9.88. The highest BCUT2D eigenvalue weighted by molar-refractivity contribution is 6.00. The second-order valence-corrected chi connectivity index (χ2v) is 7.41. The molecule has 0 aromatic heterocycles. The van der Waals surface area contributed by atoms with Gasteiger partial charge >= 0.3 is 5.97 Å². The van der Waals surface area contributed by atoms with Crippen LogP contribution in [0.25, 0.3) is 22.9 Å². The maximum Gasteiger partial charge on any atom is 0.336 e. The molecule has 0 radical (unpaired) electrons. The van der Waals surface area contributed by atoms with E-state index in [9.17, 15) is 15.0 Å². The molecule has 0 atom stereocenters. The van der Waals surface area contributed by atoms with Crippen LogP contribution in [0.1, 0.15) is 40.9 Å². The average Bonchev–Trinajstić information content (AvgIpc) is 2.81. The van der Waals surface area contributed by atoms with E-state index in [4.69, 9.17) is 4.74 Å². The summed E-state index contributed by atoms with van der Waals surface area (Å²) in [6.45, 7) is 9.78. The number of ether oxygens (including phenoxy) is 1. The fourth-order valence-electron chi connectivity index (χ4n) is 4.09. The molecule has 32 heavy (non-hydrogen) atoms. The molecule has 1 aliphatic rings. The highest BCUT2D eigenvalue weighted by atomic mass is 16.5. The second-order valence-electron chi connectivity index (χ2n) is 7.41. The summed E-state index contributed by atoms with van der Waals surface area (Å²) in [7, 11) is 0. The van der Waals surface area contributed by atoms with Gasteiger partial charge in [-0.15, -0.1) is 0 Å². The van der Waals surface area contributed by atoms with Crippen LogP contribution in [-0.2, 0) is 0 Å². The number of benzene rings is 4. The number of carbonyl (C=O) groups is 1. The number of hydrogen-bond acceptors (Lipinski definition) is 3. The first kappa shape index (κ1) is 21.2. The van der Waals surface area contributed by atoms with Gasteiger partial charge in [-0.1, -0.05) is 56.8 Å². The van der Waals surface area contributed by atoms with E-state index in [1.165, 1.54) is 0 Å². The van der Waals surface area contributed by atoms with Crippen LogP contribution in [0, 0.1) is 6.92 Å². The molecule has 0 saturated carbocycles. The monoisotopic (exact) mass is 424 g/mol. The number of phenolic OH excluding ortho intramolecular Hbond substituents is 1. The summed E-state index contributed by atoms with van der Waals surface area (Å²) in [5.74, 6) is 0.307. The van der Waals surface area contributed by atoms with Crippen LogP contribution in [0.3, 0.4) is 0 Å². The number of carboxylic acids is 1. The van der Waals surface area contributed by atoms with E-state index < -0.39 is 5.97 Å². The zero-order chi connectivity index (χ0) is 23.0. The molecule has 0 unspecified atom stereocenters. The molecule has 1 aliphatic heterocycles. The maximum absolute atomic E-state index is 12.0. The van der Waals surface area contributed by atoms with Gasteiger partial charge in [0.2, 0.25) is 0 Å². The van der Waals surface area contributed by atoms with Gasteiger partial charge in [-0.25, -0.2) is 4.79 Å². The molecule has 0 amide bonds. The summed E-state index contributed by atoms with van der Waals surface area (Å²) in [6.07, 6.45) is 0. The Bertz CT molecular complexity index is 1480. The van der Waals surface area contributed by atoms with E-state index in [1.54, 1.807) is 31.2 Å². The molecular weight excluding hydrogens is 400 g/mol. The minimum atomic E-state index is -0.995. The van der Waals surface area contributed by atoms with Gasteiger partial charge in [0.15, 0.2) is 0 Å². The van der Waals surface area contributed by atoms with Crippen molar-refractivity contribution >= 4 is 28.9 Å². The van der Waals surface area contributed by atoms with Crippen molar-refractivity contribution in [2.45, 2.75) is 20.8 Å². The van der Waals surface area contributed by atoms with Gasteiger partial charge in [0, 0.05) is 27.3 Å². The largest absolute Gasteiger partial charge is 0.508 e. The van der Waals surface area contributed by atoms with E-state index in [0.717, 1.165) is 32.3 Å². The Hall–Kier alpha value is -4.05. The Morgan fingerprint density at radius 1 is 0.906 bits per heavy atom. The van der Waals surface area contributed by atoms with Crippen LogP contribution in [0.2, 0.25) is 0 Å². The van der Waals surface area contributed by atoms with Crippen LogP contribution < -0.4 is 15.2 Å². The molecule has 4 nitrogen and oxygen atoms in total. The Labute approximate surface area is 186 Å². The van der Waals surface area contributed by atoms with Crippen molar-refractivity contribution in [2.24, 2.45) is 0 Å². The Balaban J connectivity index is 0.00000119. The lowest BCUT2D eigenvalue weighted by Crippen LogP contribution is -2.19. The van der Waals surface area contributed by atoms with E-state index in [-0.39, 0.29) is 11.3 Å². The van der Waals surface area contributed by atoms with Crippen molar-refractivity contribution < 1.29 is 19.7 Å². The van der Waals surface area contributed by atoms with Gasteiger partial charge in [-0.3, -0.25) is 0 Å². The van der Waals surface area contributed by atoms with Crippen LogP contribution in [0.5, 0.6) is 17.2 Å². The predicted octanol–water partition coefficient (Wildman–Crippen LogP) is 5.34. The van der Waals surface area contributed by atoms with E-state index in [1.807, 2.05) is 56.3 Å². The molecule has 0 bridgehead atoms. The highest BCUT2D eigenvalue weighted by Gasteiger charge is 2.26. The van der Waals surface area contributed by atoms with Gasteiger partial charge in [0.25, 0.3) is 0 Å². The smallest absolute Gasteiger partial charge is 0.336 e. The van der Waals surface area contributed by atoms with Crippen molar-refractivity contribution in [1.29, 1.82) is 0 Å². The summed E-state index contributed by atoms with van der Waals surface area (Å²) in [5.41, 5.74) is 2.95. The summed E-state index contributed by atoms with van der Waals surface area (Å²) in [6, 6.07) is 20.1. The lowest BCUT2D eigenvalue weighted by molar-refractivity contribution is 0.0696. The predicted molar refractivity (Wildman–Crippen MR) is 128 cm³/mol. The van der Waals surface area contributed by atoms with Gasteiger partial charge < -0.3 is 14.9 Å². The Morgan fingerprint density at radius 3 is 2.41 bits per heavy atom. The third kappa shape index (κ3) is 3.30. The zero-order valence-corrected chi connectivity index (χ0v) is 18.3. The minimum Gasteiger partial charge on any atom is -0.508 e. The first-order chi connectivity index (χ1) is 15.5. The van der Waals surface area contributed by atoms with Crippen LogP contribution in [0.15, 0.2) is 66.7 Å². The Morgan fingerprint density at radius 2 is 1.66 bits per heavy atom. The molecule has 0 spiro atoms. The normalized spacial score (nSPS) is 11.7. The third-order valence-electron chi connectivity index (χ3n) is 5.58.